The standard InChI is InChI=1S/C23H21FN4O2/c1-23(2,3)28-22(30)19-12-25-27(20(19)13-26-28)14-15-4-6-16(7-5-15)21(29)17-8-10-18(24)11-9-17/h4-13H,14H2,1-3H3. The average molecular weight is 404 g/mol. The molecule has 0 bridgehead atoms. The van der Waals surface area contributed by atoms with E-state index in [9.17, 15) is 14.0 Å². The Bertz CT molecular complexity index is 1280. The molecule has 0 aliphatic heterocycles. The number of halogens is 1. The molecule has 6 nitrogen and oxygen atoms in total. The molecule has 4 aromatic rings. The van der Waals surface area contributed by atoms with Gasteiger partial charge in [0.05, 0.1) is 35.4 Å². The number of carbonyl (C=O) groups excluding carboxylic acids is 1. The average Bonchev–Trinajstić information content (AvgIpc) is 3.12. The number of aromatic nitrogens is 4. The fourth-order valence-electron chi connectivity index (χ4n) is 3.28. The highest BCUT2D eigenvalue weighted by Crippen LogP contribution is 2.16. The molecule has 0 spiro atoms. The summed E-state index contributed by atoms with van der Waals surface area (Å²) in [5.41, 5.74) is 1.95. The summed E-state index contributed by atoms with van der Waals surface area (Å²) >= 11 is 0. The summed E-state index contributed by atoms with van der Waals surface area (Å²) in [6.07, 6.45) is 3.22. The van der Waals surface area contributed by atoms with Gasteiger partial charge in [-0.25, -0.2) is 9.07 Å². The molecule has 2 aromatic carbocycles. The minimum atomic E-state index is -0.416. The first kappa shape index (κ1) is 19.7. The normalized spacial score (nSPS) is 11.7. The van der Waals surface area contributed by atoms with Crippen LogP contribution >= 0.6 is 0 Å². The third-order valence-electron chi connectivity index (χ3n) is 4.89. The number of hydrogen-bond acceptors (Lipinski definition) is 4. The first-order valence-electron chi connectivity index (χ1n) is 9.57. The minimum Gasteiger partial charge on any atom is -0.289 e. The Kier molecular flexibility index (Phi) is 4.81. The smallest absolute Gasteiger partial charge is 0.278 e. The lowest BCUT2D eigenvalue weighted by atomic mass is 10.0. The van der Waals surface area contributed by atoms with Gasteiger partial charge in [-0.05, 0) is 50.6 Å². The Morgan fingerprint density at radius 1 is 0.933 bits per heavy atom. The molecule has 0 aliphatic rings. The van der Waals surface area contributed by atoms with Crippen molar-refractivity contribution in [2.75, 3.05) is 0 Å². The van der Waals surface area contributed by atoms with Gasteiger partial charge in [0, 0.05) is 11.1 Å². The SMILES string of the molecule is CC(C)(C)n1ncc2c(cnn2Cc2ccc(C(=O)c3ccc(F)cc3)cc2)c1=O. The summed E-state index contributed by atoms with van der Waals surface area (Å²) in [5, 5.41) is 9.17. The fraction of sp³-hybridized carbons (Fsp3) is 0.217. The van der Waals surface area contributed by atoms with E-state index in [1.165, 1.54) is 28.9 Å². The van der Waals surface area contributed by atoms with Gasteiger partial charge in [0.25, 0.3) is 5.56 Å². The van der Waals surface area contributed by atoms with E-state index in [1.54, 1.807) is 29.2 Å². The molecule has 2 aromatic heterocycles. The van der Waals surface area contributed by atoms with E-state index in [0.29, 0.717) is 28.6 Å². The summed E-state index contributed by atoms with van der Waals surface area (Å²) in [6, 6.07) is 12.6. The van der Waals surface area contributed by atoms with Crippen molar-refractivity contribution < 1.29 is 9.18 Å². The van der Waals surface area contributed by atoms with Gasteiger partial charge in [-0.15, -0.1) is 0 Å². The molecular formula is C23H21FN4O2. The van der Waals surface area contributed by atoms with E-state index in [2.05, 4.69) is 10.2 Å². The van der Waals surface area contributed by atoms with Crippen LogP contribution in [0.2, 0.25) is 0 Å². The lowest BCUT2D eigenvalue weighted by Crippen LogP contribution is -2.35. The molecule has 0 N–H and O–H groups in total. The summed E-state index contributed by atoms with van der Waals surface area (Å²) in [4.78, 5) is 25.2. The molecule has 30 heavy (non-hydrogen) atoms. The highest BCUT2D eigenvalue weighted by Gasteiger charge is 2.19. The molecular weight excluding hydrogens is 383 g/mol. The molecule has 0 amide bonds. The summed E-state index contributed by atoms with van der Waals surface area (Å²) in [7, 11) is 0. The van der Waals surface area contributed by atoms with Crippen molar-refractivity contribution in [3.63, 3.8) is 0 Å². The van der Waals surface area contributed by atoms with E-state index < -0.39 is 5.54 Å². The second kappa shape index (κ2) is 7.33. The van der Waals surface area contributed by atoms with Crippen LogP contribution in [0.25, 0.3) is 10.9 Å². The van der Waals surface area contributed by atoms with E-state index in [1.807, 2.05) is 32.9 Å². The van der Waals surface area contributed by atoms with Gasteiger partial charge in [0.15, 0.2) is 5.78 Å². The van der Waals surface area contributed by atoms with Gasteiger partial charge < -0.3 is 0 Å². The maximum atomic E-state index is 13.1. The summed E-state index contributed by atoms with van der Waals surface area (Å²) in [6.45, 7) is 6.21. The number of carbonyl (C=O) groups is 1. The Labute approximate surface area is 172 Å². The summed E-state index contributed by atoms with van der Waals surface area (Å²) in [5.74, 6) is -0.546. The van der Waals surface area contributed by atoms with E-state index in [0.717, 1.165) is 5.56 Å². The monoisotopic (exact) mass is 404 g/mol. The molecule has 7 heteroatoms. The van der Waals surface area contributed by atoms with Crippen LogP contribution < -0.4 is 5.56 Å². The maximum absolute atomic E-state index is 13.1. The molecule has 0 radical (unpaired) electrons. The van der Waals surface area contributed by atoms with Crippen LogP contribution in [-0.4, -0.2) is 25.3 Å². The first-order valence-corrected chi connectivity index (χ1v) is 9.57. The lowest BCUT2D eigenvalue weighted by molar-refractivity contribution is 0.103. The van der Waals surface area contributed by atoms with Gasteiger partial charge >= 0.3 is 0 Å². The van der Waals surface area contributed by atoms with Crippen LogP contribution in [0.5, 0.6) is 0 Å². The highest BCUT2D eigenvalue weighted by molar-refractivity contribution is 6.08. The van der Waals surface area contributed by atoms with Crippen molar-refractivity contribution in [2.24, 2.45) is 0 Å². The largest absolute Gasteiger partial charge is 0.289 e. The molecule has 0 unspecified atom stereocenters. The third-order valence-corrected chi connectivity index (χ3v) is 4.89. The zero-order valence-electron chi connectivity index (χ0n) is 17.0. The van der Waals surface area contributed by atoms with Crippen LogP contribution in [0.1, 0.15) is 42.3 Å². The lowest BCUT2D eigenvalue weighted by Gasteiger charge is -2.20. The predicted molar refractivity (Wildman–Crippen MR) is 112 cm³/mol. The molecule has 0 aliphatic carbocycles. The molecule has 4 rings (SSSR count). The molecule has 152 valence electrons. The van der Waals surface area contributed by atoms with Crippen molar-refractivity contribution in [2.45, 2.75) is 32.9 Å². The number of rotatable bonds is 4. The van der Waals surface area contributed by atoms with Crippen molar-refractivity contribution in [3.8, 4) is 0 Å². The van der Waals surface area contributed by atoms with Crippen LogP contribution in [0, 0.1) is 5.82 Å². The molecule has 0 fully saturated rings. The maximum Gasteiger partial charge on any atom is 0.278 e. The Hall–Kier alpha value is -3.61. The van der Waals surface area contributed by atoms with Crippen LogP contribution in [0.3, 0.4) is 0 Å². The van der Waals surface area contributed by atoms with Gasteiger partial charge in [-0.1, -0.05) is 24.3 Å². The number of ketones is 1. The molecule has 0 saturated carbocycles. The van der Waals surface area contributed by atoms with Gasteiger partial charge in [-0.2, -0.15) is 10.2 Å². The second-order valence-electron chi connectivity index (χ2n) is 8.17. The van der Waals surface area contributed by atoms with Crippen molar-refractivity contribution in [1.82, 2.24) is 19.6 Å². The van der Waals surface area contributed by atoms with E-state index in [-0.39, 0.29) is 17.2 Å². The van der Waals surface area contributed by atoms with Gasteiger partial charge in [0.1, 0.15) is 5.82 Å². The summed E-state index contributed by atoms with van der Waals surface area (Å²) < 4.78 is 16.2. The van der Waals surface area contributed by atoms with Gasteiger partial charge in [0.2, 0.25) is 0 Å². The quantitative estimate of drug-likeness (QED) is 0.486. The zero-order valence-corrected chi connectivity index (χ0v) is 17.0. The van der Waals surface area contributed by atoms with Crippen LogP contribution in [-0.2, 0) is 12.1 Å². The van der Waals surface area contributed by atoms with Crippen LogP contribution in [0.15, 0.2) is 65.7 Å². The molecule has 0 saturated heterocycles. The zero-order chi connectivity index (χ0) is 21.5. The minimum absolute atomic E-state index is 0.168. The topological polar surface area (TPSA) is 69.8 Å². The predicted octanol–water partition coefficient (Wildman–Crippen LogP) is 3.77. The third kappa shape index (κ3) is 3.66. The highest BCUT2D eigenvalue weighted by atomic mass is 19.1. The fourth-order valence-corrected chi connectivity index (χ4v) is 3.28. The number of nitrogens with zero attached hydrogens (tertiary/aromatic N) is 4. The van der Waals surface area contributed by atoms with Crippen molar-refractivity contribution in [1.29, 1.82) is 0 Å². The Morgan fingerprint density at radius 3 is 2.13 bits per heavy atom. The number of fused-ring (bicyclic) bond motifs is 1. The van der Waals surface area contributed by atoms with Crippen LogP contribution in [0.4, 0.5) is 4.39 Å². The molecule has 0 atom stereocenters. The van der Waals surface area contributed by atoms with E-state index in [4.69, 9.17) is 0 Å². The Balaban J connectivity index is 1.58. The van der Waals surface area contributed by atoms with Crippen molar-refractivity contribution >= 4 is 16.7 Å². The number of hydrogen-bond donors (Lipinski definition) is 0. The number of benzene rings is 2. The first-order chi connectivity index (χ1) is 14.2. The Morgan fingerprint density at radius 2 is 1.53 bits per heavy atom. The van der Waals surface area contributed by atoms with E-state index >= 15 is 0 Å². The van der Waals surface area contributed by atoms with Gasteiger partial charge in [-0.3, -0.25) is 14.3 Å². The molecule has 2 heterocycles. The second-order valence-corrected chi connectivity index (χ2v) is 8.17. The van der Waals surface area contributed by atoms with Crippen molar-refractivity contribution in [3.05, 3.63) is 93.8 Å².